The molecule has 1 heterocycles. The van der Waals surface area contributed by atoms with E-state index in [1.54, 1.807) is 43.8 Å². The second-order valence-corrected chi connectivity index (χ2v) is 6.71. The molecule has 2 aromatic carbocycles. The van der Waals surface area contributed by atoms with Gasteiger partial charge in [0.05, 0.1) is 7.11 Å². The molecule has 1 amide bonds. The molecular formula is C22H23N3O3. The Hall–Kier alpha value is -3.41. The van der Waals surface area contributed by atoms with Gasteiger partial charge in [-0.1, -0.05) is 26.0 Å². The minimum atomic E-state index is -0.0697. The molecule has 6 nitrogen and oxygen atoms in total. The molecule has 0 saturated heterocycles. The Balaban J connectivity index is 1.64. The van der Waals surface area contributed by atoms with Crippen LogP contribution in [0.5, 0.6) is 17.5 Å². The third-order valence-corrected chi connectivity index (χ3v) is 4.05. The fraction of sp³-hybridized carbons (Fsp3) is 0.227. The van der Waals surface area contributed by atoms with E-state index < -0.39 is 0 Å². The van der Waals surface area contributed by atoms with Crippen LogP contribution < -0.4 is 14.8 Å². The maximum Gasteiger partial charge on any atom is 0.321 e. The molecule has 0 radical (unpaired) electrons. The van der Waals surface area contributed by atoms with Crippen molar-refractivity contribution >= 4 is 5.91 Å². The van der Waals surface area contributed by atoms with Gasteiger partial charge >= 0.3 is 6.01 Å². The van der Waals surface area contributed by atoms with Gasteiger partial charge in [0.25, 0.3) is 5.91 Å². The van der Waals surface area contributed by atoms with Crippen molar-refractivity contribution in [3.8, 4) is 28.6 Å². The number of aromatic nitrogens is 2. The number of hydrogen-bond donors (Lipinski definition) is 1. The van der Waals surface area contributed by atoms with Gasteiger partial charge in [-0.05, 0) is 47.9 Å². The first-order chi connectivity index (χ1) is 13.5. The van der Waals surface area contributed by atoms with Gasteiger partial charge in [-0.2, -0.15) is 0 Å². The number of nitrogens with zero attached hydrogens (tertiary/aromatic N) is 2. The molecule has 0 spiro atoms. The van der Waals surface area contributed by atoms with Gasteiger partial charge in [-0.25, -0.2) is 9.97 Å². The summed E-state index contributed by atoms with van der Waals surface area (Å²) in [4.78, 5) is 20.6. The predicted molar refractivity (Wildman–Crippen MR) is 108 cm³/mol. The lowest BCUT2D eigenvalue weighted by Crippen LogP contribution is -2.27. The summed E-state index contributed by atoms with van der Waals surface area (Å²) >= 11 is 0. The summed E-state index contributed by atoms with van der Waals surface area (Å²) in [6, 6.07) is 14.8. The molecule has 3 rings (SSSR count). The number of benzene rings is 2. The molecule has 0 atom stereocenters. The number of methoxy groups -OCH3 is 1. The lowest BCUT2D eigenvalue weighted by atomic mass is 10.1. The monoisotopic (exact) mass is 377 g/mol. The summed E-state index contributed by atoms with van der Waals surface area (Å²) in [5.41, 5.74) is 2.40. The Morgan fingerprint density at radius 3 is 2.11 bits per heavy atom. The van der Waals surface area contributed by atoms with Crippen LogP contribution in [0, 0.1) is 5.92 Å². The Morgan fingerprint density at radius 2 is 1.54 bits per heavy atom. The summed E-state index contributed by atoms with van der Waals surface area (Å²) in [6.07, 6.45) is 3.39. The van der Waals surface area contributed by atoms with Gasteiger partial charge < -0.3 is 14.8 Å². The molecule has 0 bridgehead atoms. The number of hydrogen-bond acceptors (Lipinski definition) is 5. The second kappa shape index (κ2) is 8.99. The van der Waals surface area contributed by atoms with Crippen molar-refractivity contribution in [2.45, 2.75) is 13.8 Å². The van der Waals surface area contributed by atoms with Crippen molar-refractivity contribution in [1.29, 1.82) is 0 Å². The van der Waals surface area contributed by atoms with Gasteiger partial charge in [-0.15, -0.1) is 0 Å². The fourth-order valence-corrected chi connectivity index (χ4v) is 2.48. The zero-order valence-corrected chi connectivity index (χ0v) is 16.2. The molecule has 6 heteroatoms. The Morgan fingerprint density at radius 1 is 0.929 bits per heavy atom. The van der Waals surface area contributed by atoms with Crippen molar-refractivity contribution < 1.29 is 14.3 Å². The Kier molecular flexibility index (Phi) is 6.22. The van der Waals surface area contributed by atoms with Crippen LogP contribution in [0.2, 0.25) is 0 Å². The lowest BCUT2D eigenvalue weighted by Gasteiger charge is -2.08. The highest BCUT2D eigenvalue weighted by Gasteiger charge is 2.08. The zero-order chi connectivity index (χ0) is 19.9. The number of rotatable bonds is 7. The molecule has 0 aliphatic heterocycles. The van der Waals surface area contributed by atoms with Crippen LogP contribution in [0.15, 0.2) is 60.9 Å². The van der Waals surface area contributed by atoms with Gasteiger partial charge in [0.2, 0.25) is 0 Å². The third kappa shape index (κ3) is 5.07. The smallest absolute Gasteiger partial charge is 0.321 e. The summed E-state index contributed by atoms with van der Waals surface area (Å²) in [5, 5.41) is 2.91. The van der Waals surface area contributed by atoms with E-state index in [9.17, 15) is 4.79 Å². The lowest BCUT2D eigenvalue weighted by molar-refractivity contribution is 0.0949. The van der Waals surface area contributed by atoms with Crippen molar-refractivity contribution in [3.05, 3.63) is 66.5 Å². The van der Waals surface area contributed by atoms with E-state index in [4.69, 9.17) is 9.47 Å². The molecule has 3 aromatic rings. The minimum Gasteiger partial charge on any atom is -0.497 e. The first-order valence-electron chi connectivity index (χ1n) is 9.07. The quantitative estimate of drug-likeness (QED) is 0.663. The van der Waals surface area contributed by atoms with Gasteiger partial charge in [-0.3, -0.25) is 4.79 Å². The maximum absolute atomic E-state index is 12.1. The predicted octanol–water partition coefficient (Wildman–Crippen LogP) is 4.33. The zero-order valence-electron chi connectivity index (χ0n) is 16.2. The maximum atomic E-state index is 12.1. The van der Waals surface area contributed by atoms with E-state index in [-0.39, 0.29) is 11.9 Å². The molecule has 1 aromatic heterocycles. The summed E-state index contributed by atoms with van der Waals surface area (Å²) in [5.74, 6) is 1.73. The number of ether oxygens (including phenoxy) is 2. The van der Waals surface area contributed by atoms with E-state index in [1.807, 2.05) is 24.3 Å². The molecule has 0 aliphatic rings. The molecule has 0 unspecified atom stereocenters. The molecule has 28 heavy (non-hydrogen) atoms. The summed E-state index contributed by atoms with van der Waals surface area (Å²) in [7, 11) is 1.61. The van der Waals surface area contributed by atoms with Crippen LogP contribution in [0.25, 0.3) is 11.1 Å². The largest absolute Gasteiger partial charge is 0.497 e. The Labute approximate surface area is 164 Å². The number of nitrogens with one attached hydrogen (secondary N) is 1. The molecule has 0 saturated carbocycles. The highest BCUT2D eigenvalue weighted by Crippen LogP contribution is 2.23. The molecule has 0 aliphatic carbocycles. The van der Waals surface area contributed by atoms with E-state index in [1.165, 1.54) is 0 Å². The van der Waals surface area contributed by atoms with Crippen molar-refractivity contribution in [1.82, 2.24) is 15.3 Å². The second-order valence-electron chi connectivity index (χ2n) is 6.71. The van der Waals surface area contributed by atoms with Crippen molar-refractivity contribution in [2.24, 2.45) is 5.92 Å². The van der Waals surface area contributed by atoms with Gasteiger partial charge in [0, 0.05) is 30.1 Å². The first-order valence-corrected chi connectivity index (χ1v) is 9.07. The molecule has 1 N–H and O–H groups in total. The van der Waals surface area contributed by atoms with E-state index >= 15 is 0 Å². The van der Waals surface area contributed by atoms with E-state index in [0.29, 0.717) is 23.8 Å². The van der Waals surface area contributed by atoms with Crippen molar-refractivity contribution in [3.63, 3.8) is 0 Å². The highest BCUT2D eigenvalue weighted by atomic mass is 16.5. The minimum absolute atomic E-state index is 0.0697. The average Bonchev–Trinajstić information content (AvgIpc) is 2.73. The van der Waals surface area contributed by atoms with E-state index in [2.05, 4.69) is 29.1 Å². The standard InChI is InChI=1S/C22H23N3O3/c1-15(2)12-23-21(26)17-6-4-16(5-7-17)18-13-24-22(25-14-18)28-20-10-8-19(27-3)9-11-20/h4-11,13-15H,12H2,1-3H3,(H,23,26). The highest BCUT2D eigenvalue weighted by molar-refractivity contribution is 5.94. The summed E-state index contributed by atoms with van der Waals surface area (Å²) < 4.78 is 10.8. The normalized spacial score (nSPS) is 10.6. The van der Waals surface area contributed by atoms with Crippen LogP contribution in [0.3, 0.4) is 0 Å². The Bertz CT molecular complexity index is 905. The topological polar surface area (TPSA) is 73.3 Å². The molecule has 144 valence electrons. The van der Waals surface area contributed by atoms with Crippen LogP contribution in [0.1, 0.15) is 24.2 Å². The van der Waals surface area contributed by atoms with E-state index in [0.717, 1.165) is 16.9 Å². The molecular weight excluding hydrogens is 354 g/mol. The van der Waals surface area contributed by atoms with Gasteiger partial charge in [0.1, 0.15) is 11.5 Å². The number of carbonyl (C=O) groups is 1. The SMILES string of the molecule is COc1ccc(Oc2ncc(-c3ccc(C(=O)NCC(C)C)cc3)cn2)cc1. The van der Waals surface area contributed by atoms with Crippen LogP contribution in [-0.2, 0) is 0 Å². The average molecular weight is 377 g/mol. The third-order valence-electron chi connectivity index (χ3n) is 4.05. The van der Waals surface area contributed by atoms with Crippen LogP contribution >= 0.6 is 0 Å². The number of amides is 1. The summed E-state index contributed by atoms with van der Waals surface area (Å²) in [6.45, 7) is 4.78. The molecule has 0 fully saturated rings. The fourth-order valence-electron chi connectivity index (χ4n) is 2.48. The number of carbonyl (C=O) groups excluding carboxylic acids is 1. The van der Waals surface area contributed by atoms with Crippen LogP contribution in [-0.4, -0.2) is 29.5 Å². The first kappa shape index (κ1) is 19.4. The van der Waals surface area contributed by atoms with Crippen LogP contribution in [0.4, 0.5) is 0 Å². The van der Waals surface area contributed by atoms with Crippen molar-refractivity contribution in [2.75, 3.05) is 13.7 Å². The van der Waals surface area contributed by atoms with Gasteiger partial charge in [0.15, 0.2) is 0 Å².